The van der Waals surface area contributed by atoms with Crippen molar-refractivity contribution in [3.8, 4) is 0 Å². The number of piperidine rings is 1. The van der Waals surface area contributed by atoms with Gasteiger partial charge in [-0.15, -0.1) is 11.3 Å². The lowest BCUT2D eigenvalue weighted by Gasteiger charge is -2.30. The Kier molecular flexibility index (Phi) is 4.39. The SMILES string of the molecule is CCc1ccc(S(=O)(=O)N2CCCC(c3nc4ccccc4[nH]3)C2)s1. The molecule has 5 nitrogen and oxygen atoms in total. The molecule has 4 rings (SSSR count). The van der Waals surface area contributed by atoms with Crippen LogP contribution < -0.4 is 0 Å². The van der Waals surface area contributed by atoms with Crippen LogP contribution in [0.4, 0.5) is 0 Å². The minimum atomic E-state index is -3.41. The fraction of sp³-hybridized carbons (Fsp3) is 0.389. The summed E-state index contributed by atoms with van der Waals surface area (Å²) in [6.45, 7) is 3.11. The highest BCUT2D eigenvalue weighted by Gasteiger charge is 2.33. The summed E-state index contributed by atoms with van der Waals surface area (Å²) in [6.07, 6.45) is 2.67. The predicted octanol–water partition coefficient (Wildman–Crippen LogP) is 3.76. The van der Waals surface area contributed by atoms with E-state index in [1.807, 2.05) is 37.3 Å². The Morgan fingerprint density at radius 2 is 2.12 bits per heavy atom. The smallest absolute Gasteiger partial charge is 0.252 e. The summed E-state index contributed by atoms with van der Waals surface area (Å²) in [7, 11) is -3.41. The summed E-state index contributed by atoms with van der Waals surface area (Å²) in [5.41, 5.74) is 1.94. The van der Waals surface area contributed by atoms with Gasteiger partial charge in [-0.05, 0) is 43.5 Å². The molecule has 1 aliphatic heterocycles. The normalized spacial score (nSPS) is 19.5. The molecule has 0 bridgehead atoms. The lowest BCUT2D eigenvalue weighted by molar-refractivity contribution is 0.311. The number of rotatable bonds is 4. The lowest BCUT2D eigenvalue weighted by Crippen LogP contribution is -2.39. The van der Waals surface area contributed by atoms with E-state index >= 15 is 0 Å². The standard InChI is InChI=1S/C18H21N3O2S2/c1-2-14-9-10-17(24-14)25(22,23)21-11-5-6-13(12-21)18-19-15-7-3-4-8-16(15)20-18/h3-4,7-10,13H,2,5-6,11-12H2,1H3,(H,19,20). The summed E-state index contributed by atoms with van der Waals surface area (Å²) >= 11 is 1.38. The summed E-state index contributed by atoms with van der Waals surface area (Å²) < 4.78 is 28.0. The van der Waals surface area contributed by atoms with Crippen molar-refractivity contribution in [2.24, 2.45) is 0 Å². The Morgan fingerprint density at radius 3 is 2.88 bits per heavy atom. The molecular weight excluding hydrogens is 354 g/mol. The minimum absolute atomic E-state index is 0.113. The quantitative estimate of drug-likeness (QED) is 0.755. The lowest BCUT2D eigenvalue weighted by atomic mass is 9.99. The Morgan fingerprint density at radius 1 is 1.28 bits per heavy atom. The van der Waals surface area contributed by atoms with Crippen LogP contribution in [0.2, 0.25) is 0 Å². The van der Waals surface area contributed by atoms with E-state index in [-0.39, 0.29) is 5.92 Å². The van der Waals surface area contributed by atoms with Crippen molar-refractivity contribution in [2.45, 2.75) is 36.3 Å². The number of aromatic nitrogens is 2. The van der Waals surface area contributed by atoms with Crippen molar-refractivity contribution >= 4 is 32.4 Å². The molecule has 0 radical (unpaired) electrons. The van der Waals surface area contributed by atoms with Crippen LogP contribution in [-0.4, -0.2) is 35.8 Å². The molecule has 25 heavy (non-hydrogen) atoms. The Bertz CT molecular complexity index is 958. The number of thiophene rings is 1. The van der Waals surface area contributed by atoms with E-state index in [0.29, 0.717) is 17.3 Å². The highest BCUT2D eigenvalue weighted by atomic mass is 32.2. The first kappa shape index (κ1) is 16.8. The van der Waals surface area contributed by atoms with Gasteiger partial charge in [0.2, 0.25) is 0 Å². The largest absolute Gasteiger partial charge is 0.342 e. The molecule has 2 aromatic heterocycles. The highest BCUT2D eigenvalue weighted by molar-refractivity contribution is 7.91. The summed E-state index contributed by atoms with van der Waals surface area (Å²) in [4.78, 5) is 9.13. The van der Waals surface area contributed by atoms with Crippen molar-refractivity contribution in [2.75, 3.05) is 13.1 Å². The molecule has 132 valence electrons. The Balaban J connectivity index is 1.59. The zero-order chi connectivity index (χ0) is 17.4. The van der Waals surface area contributed by atoms with Gasteiger partial charge in [0.1, 0.15) is 10.0 Å². The minimum Gasteiger partial charge on any atom is -0.342 e. The molecule has 1 fully saturated rings. The van der Waals surface area contributed by atoms with Gasteiger partial charge in [-0.1, -0.05) is 19.1 Å². The molecule has 7 heteroatoms. The first-order chi connectivity index (χ1) is 12.1. The maximum atomic E-state index is 13.0. The summed E-state index contributed by atoms with van der Waals surface area (Å²) in [5, 5.41) is 0. The number of aromatic amines is 1. The third kappa shape index (κ3) is 3.12. The van der Waals surface area contributed by atoms with Crippen LogP contribution in [0.15, 0.2) is 40.6 Å². The summed E-state index contributed by atoms with van der Waals surface area (Å²) in [5.74, 6) is 1.00. The predicted molar refractivity (Wildman–Crippen MR) is 101 cm³/mol. The second kappa shape index (κ2) is 6.55. The number of nitrogens with one attached hydrogen (secondary N) is 1. The van der Waals surface area contributed by atoms with E-state index in [9.17, 15) is 8.42 Å². The van der Waals surface area contributed by atoms with E-state index in [1.54, 1.807) is 10.4 Å². The van der Waals surface area contributed by atoms with Gasteiger partial charge in [0.15, 0.2) is 0 Å². The molecule has 0 aliphatic carbocycles. The number of fused-ring (bicyclic) bond motifs is 1. The second-order valence-electron chi connectivity index (χ2n) is 6.42. The van der Waals surface area contributed by atoms with Gasteiger partial charge in [-0.25, -0.2) is 13.4 Å². The zero-order valence-electron chi connectivity index (χ0n) is 14.1. The molecule has 0 amide bonds. The average molecular weight is 376 g/mol. The topological polar surface area (TPSA) is 66.1 Å². The number of nitrogens with zero attached hydrogens (tertiary/aromatic N) is 2. The number of hydrogen-bond donors (Lipinski definition) is 1. The molecule has 3 aromatic rings. The van der Waals surface area contributed by atoms with Gasteiger partial charge in [0.05, 0.1) is 11.0 Å². The molecule has 1 N–H and O–H groups in total. The Hall–Kier alpha value is -1.70. The second-order valence-corrected chi connectivity index (χ2v) is 9.75. The van der Waals surface area contributed by atoms with Crippen molar-refractivity contribution in [1.82, 2.24) is 14.3 Å². The number of benzene rings is 1. The molecule has 1 saturated heterocycles. The summed E-state index contributed by atoms with van der Waals surface area (Å²) in [6, 6.07) is 11.6. The highest BCUT2D eigenvalue weighted by Crippen LogP contribution is 2.32. The maximum absolute atomic E-state index is 13.0. The van der Waals surface area contributed by atoms with Crippen LogP contribution in [-0.2, 0) is 16.4 Å². The number of para-hydroxylation sites is 2. The zero-order valence-corrected chi connectivity index (χ0v) is 15.7. The van der Waals surface area contributed by atoms with Crippen LogP contribution in [0.1, 0.15) is 36.4 Å². The third-order valence-electron chi connectivity index (χ3n) is 4.76. The number of hydrogen-bond acceptors (Lipinski definition) is 4. The van der Waals surface area contributed by atoms with Gasteiger partial charge in [0.25, 0.3) is 10.0 Å². The van der Waals surface area contributed by atoms with E-state index in [4.69, 9.17) is 0 Å². The van der Waals surface area contributed by atoms with Crippen LogP contribution in [0.3, 0.4) is 0 Å². The van der Waals surface area contributed by atoms with E-state index < -0.39 is 10.0 Å². The number of aryl methyl sites for hydroxylation is 1. The van der Waals surface area contributed by atoms with Gasteiger partial charge >= 0.3 is 0 Å². The number of H-pyrrole nitrogens is 1. The molecule has 0 saturated carbocycles. The number of imidazole rings is 1. The molecule has 1 aliphatic rings. The molecule has 1 aromatic carbocycles. The first-order valence-corrected chi connectivity index (χ1v) is 10.9. The first-order valence-electron chi connectivity index (χ1n) is 8.61. The van der Waals surface area contributed by atoms with Crippen molar-refractivity contribution in [1.29, 1.82) is 0 Å². The molecule has 0 spiro atoms. The van der Waals surface area contributed by atoms with Crippen LogP contribution in [0.25, 0.3) is 11.0 Å². The van der Waals surface area contributed by atoms with Gasteiger partial charge < -0.3 is 4.98 Å². The van der Waals surface area contributed by atoms with Gasteiger partial charge in [0, 0.05) is 23.9 Å². The van der Waals surface area contributed by atoms with Gasteiger partial charge in [-0.3, -0.25) is 0 Å². The molecular formula is C18H21N3O2S2. The van der Waals surface area contributed by atoms with Crippen LogP contribution in [0.5, 0.6) is 0 Å². The van der Waals surface area contributed by atoms with E-state index in [1.165, 1.54) is 11.3 Å². The maximum Gasteiger partial charge on any atom is 0.252 e. The Labute approximate surface area is 151 Å². The van der Waals surface area contributed by atoms with E-state index in [0.717, 1.165) is 41.0 Å². The third-order valence-corrected chi connectivity index (χ3v) is 8.32. The molecule has 1 atom stereocenters. The fourth-order valence-electron chi connectivity index (χ4n) is 3.36. The van der Waals surface area contributed by atoms with E-state index in [2.05, 4.69) is 9.97 Å². The van der Waals surface area contributed by atoms with Crippen molar-refractivity contribution in [3.63, 3.8) is 0 Å². The van der Waals surface area contributed by atoms with Crippen molar-refractivity contribution in [3.05, 3.63) is 47.1 Å². The average Bonchev–Trinajstić information content (AvgIpc) is 3.29. The monoisotopic (exact) mass is 375 g/mol. The number of sulfonamides is 1. The van der Waals surface area contributed by atoms with Crippen LogP contribution in [0, 0.1) is 0 Å². The van der Waals surface area contributed by atoms with Gasteiger partial charge in [-0.2, -0.15) is 4.31 Å². The molecule has 1 unspecified atom stereocenters. The fourth-order valence-corrected chi connectivity index (χ4v) is 6.34. The van der Waals surface area contributed by atoms with Crippen LogP contribution >= 0.6 is 11.3 Å². The molecule has 3 heterocycles. The van der Waals surface area contributed by atoms with Crippen molar-refractivity contribution < 1.29 is 8.42 Å².